The SMILES string of the molecule is CC1=C(C(=O)O)N2C(=O)[C@H](NC(=O)C3(c4cccc(Br)c4)CCCC3)[C@H]2SC1. The molecule has 6 nitrogen and oxygen atoms in total. The van der Waals surface area contributed by atoms with E-state index in [2.05, 4.69) is 21.2 Å². The smallest absolute Gasteiger partial charge is 0.352 e. The monoisotopic (exact) mass is 464 g/mol. The van der Waals surface area contributed by atoms with Crippen LogP contribution < -0.4 is 5.32 Å². The van der Waals surface area contributed by atoms with Gasteiger partial charge in [-0.05, 0) is 43.0 Å². The van der Waals surface area contributed by atoms with Crippen molar-refractivity contribution in [2.75, 3.05) is 5.75 Å². The standard InChI is InChI=1S/C20H21BrN2O4S/c1-11-10-28-17-14(16(24)23(17)15(11)18(25)26)22-19(27)20(7-2-3-8-20)12-5-4-6-13(21)9-12/h4-6,9,14,17H,2-3,7-8,10H2,1H3,(H,22,27)(H,25,26)/t14-,17+/m0/s1. The number of halogens is 1. The third kappa shape index (κ3) is 2.97. The van der Waals surface area contributed by atoms with Crippen LogP contribution in [0.1, 0.15) is 38.2 Å². The lowest BCUT2D eigenvalue weighted by Gasteiger charge is -2.50. The predicted molar refractivity (Wildman–Crippen MR) is 110 cm³/mol. The number of fused-ring (bicyclic) bond motifs is 1. The van der Waals surface area contributed by atoms with Crippen molar-refractivity contribution in [2.45, 2.75) is 49.4 Å². The van der Waals surface area contributed by atoms with Crippen LogP contribution in [0.25, 0.3) is 0 Å². The topological polar surface area (TPSA) is 86.7 Å². The van der Waals surface area contributed by atoms with Gasteiger partial charge in [0.2, 0.25) is 5.91 Å². The van der Waals surface area contributed by atoms with Crippen LogP contribution in [0.2, 0.25) is 0 Å². The molecule has 2 N–H and O–H groups in total. The number of β-lactam (4-membered cyclic amide) rings is 1. The number of amides is 2. The first-order chi connectivity index (χ1) is 13.3. The number of aliphatic carboxylic acids is 1. The number of thioether (sulfide) groups is 1. The molecule has 0 unspecified atom stereocenters. The van der Waals surface area contributed by atoms with Gasteiger partial charge in [0, 0.05) is 10.2 Å². The number of nitrogens with one attached hydrogen (secondary N) is 1. The van der Waals surface area contributed by atoms with Gasteiger partial charge in [0.15, 0.2) is 0 Å². The number of carbonyl (C=O) groups excluding carboxylic acids is 2. The Labute approximate surface area is 175 Å². The Balaban J connectivity index is 1.57. The molecule has 8 heteroatoms. The zero-order chi connectivity index (χ0) is 20.1. The van der Waals surface area contributed by atoms with Crippen molar-refractivity contribution in [3.63, 3.8) is 0 Å². The van der Waals surface area contributed by atoms with Crippen molar-refractivity contribution >= 4 is 45.5 Å². The average Bonchev–Trinajstić information content (AvgIpc) is 3.16. The van der Waals surface area contributed by atoms with Gasteiger partial charge in [-0.2, -0.15) is 0 Å². The summed E-state index contributed by atoms with van der Waals surface area (Å²) in [6.45, 7) is 1.73. The third-order valence-electron chi connectivity index (χ3n) is 5.92. The summed E-state index contributed by atoms with van der Waals surface area (Å²) < 4.78 is 0.921. The van der Waals surface area contributed by atoms with Gasteiger partial charge in [-0.1, -0.05) is 40.9 Å². The first-order valence-electron chi connectivity index (χ1n) is 9.30. The Hall–Kier alpha value is -1.80. The third-order valence-corrected chi connectivity index (χ3v) is 7.83. The van der Waals surface area contributed by atoms with Gasteiger partial charge in [0.05, 0.1) is 5.41 Å². The summed E-state index contributed by atoms with van der Waals surface area (Å²) in [4.78, 5) is 38.9. The van der Waals surface area contributed by atoms with Gasteiger partial charge in [-0.15, -0.1) is 11.8 Å². The maximum absolute atomic E-state index is 13.3. The fourth-order valence-corrected chi connectivity index (χ4v) is 6.16. The molecule has 2 fully saturated rings. The van der Waals surface area contributed by atoms with Crippen LogP contribution in [-0.4, -0.2) is 45.0 Å². The highest BCUT2D eigenvalue weighted by Gasteiger charge is 2.55. The van der Waals surface area contributed by atoms with Crippen molar-refractivity contribution in [3.8, 4) is 0 Å². The molecule has 1 aromatic carbocycles. The Morgan fingerprint density at radius 1 is 1.32 bits per heavy atom. The number of nitrogens with zero attached hydrogens (tertiary/aromatic N) is 1. The van der Waals surface area contributed by atoms with Crippen LogP contribution in [0, 0.1) is 0 Å². The lowest BCUT2D eigenvalue weighted by atomic mass is 9.77. The molecule has 4 rings (SSSR count). The Bertz CT molecular complexity index is 894. The van der Waals surface area contributed by atoms with Crippen molar-refractivity contribution in [3.05, 3.63) is 45.6 Å². The highest BCUT2D eigenvalue weighted by Crippen LogP contribution is 2.44. The van der Waals surface area contributed by atoms with Gasteiger partial charge in [0.25, 0.3) is 5.91 Å². The van der Waals surface area contributed by atoms with Gasteiger partial charge in [0.1, 0.15) is 17.1 Å². The van der Waals surface area contributed by atoms with Gasteiger partial charge in [-0.25, -0.2) is 4.79 Å². The minimum absolute atomic E-state index is 0.0572. The van der Waals surface area contributed by atoms with E-state index in [1.165, 1.54) is 16.7 Å². The summed E-state index contributed by atoms with van der Waals surface area (Å²) in [6, 6.07) is 7.12. The molecule has 2 heterocycles. The molecular weight excluding hydrogens is 444 g/mol. The van der Waals surface area contributed by atoms with E-state index in [9.17, 15) is 19.5 Å². The van der Waals surface area contributed by atoms with Gasteiger partial charge in [-0.3, -0.25) is 14.5 Å². The van der Waals surface area contributed by atoms with Crippen LogP contribution in [0.5, 0.6) is 0 Å². The molecule has 0 spiro atoms. The quantitative estimate of drug-likeness (QED) is 0.668. The van der Waals surface area contributed by atoms with E-state index in [1.54, 1.807) is 6.92 Å². The molecule has 0 bridgehead atoms. The molecule has 148 valence electrons. The van der Waals surface area contributed by atoms with Crippen molar-refractivity contribution in [1.29, 1.82) is 0 Å². The zero-order valence-corrected chi connectivity index (χ0v) is 17.8. The number of benzene rings is 1. The fourth-order valence-electron chi connectivity index (χ4n) is 4.47. The number of hydrogen-bond acceptors (Lipinski definition) is 4. The molecule has 2 atom stereocenters. The maximum atomic E-state index is 13.3. The number of rotatable bonds is 4. The highest BCUT2D eigenvalue weighted by molar-refractivity contribution is 9.10. The number of carboxylic acid groups (broad SMARTS) is 1. The summed E-state index contributed by atoms with van der Waals surface area (Å²) in [5.74, 6) is -1.03. The van der Waals surface area contributed by atoms with E-state index in [0.29, 0.717) is 11.3 Å². The summed E-state index contributed by atoms with van der Waals surface area (Å²) >= 11 is 4.98. The first-order valence-corrected chi connectivity index (χ1v) is 11.1. The number of carboxylic acids is 1. The first kappa shape index (κ1) is 19.5. The highest BCUT2D eigenvalue weighted by atomic mass is 79.9. The van der Waals surface area contributed by atoms with Gasteiger partial charge >= 0.3 is 5.97 Å². The molecule has 2 amide bonds. The molecule has 0 radical (unpaired) electrons. The van der Waals surface area contributed by atoms with Crippen molar-refractivity contribution in [2.24, 2.45) is 0 Å². The van der Waals surface area contributed by atoms with Crippen LogP contribution in [0.3, 0.4) is 0 Å². The van der Waals surface area contributed by atoms with Crippen LogP contribution >= 0.6 is 27.7 Å². The van der Waals surface area contributed by atoms with Crippen LogP contribution in [0.4, 0.5) is 0 Å². The normalized spacial score (nSPS) is 25.9. The van der Waals surface area contributed by atoms with Crippen molar-refractivity contribution < 1.29 is 19.5 Å². The predicted octanol–water partition coefficient (Wildman–Crippen LogP) is 3.02. The van der Waals surface area contributed by atoms with E-state index >= 15 is 0 Å². The lowest BCUT2D eigenvalue weighted by molar-refractivity contribution is -0.151. The molecule has 3 aliphatic rings. The molecule has 1 saturated heterocycles. The number of hydrogen-bond donors (Lipinski definition) is 2. The maximum Gasteiger partial charge on any atom is 0.352 e. The molecule has 1 aromatic rings. The minimum Gasteiger partial charge on any atom is -0.477 e. The second-order valence-corrected chi connectivity index (χ2v) is 9.62. The summed E-state index contributed by atoms with van der Waals surface area (Å²) in [6.07, 6.45) is 3.43. The van der Waals surface area contributed by atoms with E-state index in [1.807, 2.05) is 24.3 Å². The lowest BCUT2D eigenvalue weighted by Crippen LogP contribution is -2.71. The van der Waals surface area contributed by atoms with Gasteiger partial charge < -0.3 is 10.4 Å². The molecule has 1 aliphatic carbocycles. The summed E-state index contributed by atoms with van der Waals surface area (Å²) in [5.41, 5.74) is 1.06. The Kier molecular flexibility index (Phi) is 5.03. The fraction of sp³-hybridized carbons (Fsp3) is 0.450. The molecule has 1 saturated carbocycles. The minimum atomic E-state index is -1.10. The molecular formula is C20H21BrN2O4S. The Morgan fingerprint density at radius 2 is 2.04 bits per heavy atom. The number of carbonyl (C=O) groups is 3. The van der Waals surface area contributed by atoms with Crippen LogP contribution in [0.15, 0.2) is 40.0 Å². The van der Waals surface area contributed by atoms with E-state index < -0.39 is 17.4 Å². The summed E-state index contributed by atoms with van der Waals surface area (Å²) in [7, 11) is 0. The van der Waals surface area contributed by atoms with E-state index in [-0.39, 0.29) is 22.9 Å². The zero-order valence-electron chi connectivity index (χ0n) is 15.4. The summed E-state index contributed by atoms with van der Waals surface area (Å²) in [5, 5.41) is 12.1. The van der Waals surface area contributed by atoms with E-state index in [4.69, 9.17) is 0 Å². The Morgan fingerprint density at radius 3 is 2.68 bits per heavy atom. The average molecular weight is 465 g/mol. The molecule has 28 heavy (non-hydrogen) atoms. The molecule has 2 aliphatic heterocycles. The second kappa shape index (κ2) is 7.22. The molecule has 0 aromatic heterocycles. The van der Waals surface area contributed by atoms with Crippen LogP contribution in [-0.2, 0) is 19.8 Å². The van der Waals surface area contributed by atoms with E-state index in [0.717, 1.165) is 35.7 Å². The largest absolute Gasteiger partial charge is 0.477 e. The van der Waals surface area contributed by atoms with Crippen molar-refractivity contribution in [1.82, 2.24) is 10.2 Å². The second-order valence-electron chi connectivity index (χ2n) is 7.59.